The summed E-state index contributed by atoms with van der Waals surface area (Å²) in [7, 11) is 0. The Morgan fingerprint density at radius 1 is 1.00 bits per heavy atom. The molecule has 2 aromatic carbocycles. The molecule has 130 valence electrons. The van der Waals surface area contributed by atoms with Crippen LogP contribution in [0.25, 0.3) is 11.3 Å². The molecule has 0 saturated carbocycles. The molecule has 0 bridgehead atoms. The Hall–Kier alpha value is -2.34. The van der Waals surface area contributed by atoms with E-state index in [9.17, 15) is 18.3 Å². The summed E-state index contributed by atoms with van der Waals surface area (Å²) in [5.74, 6) is 2.11. The van der Waals surface area contributed by atoms with Crippen molar-refractivity contribution < 1.29 is 22.7 Å². The zero-order chi connectivity index (χ0) is 18.0. The van der Waals surface area contributed by atoms with E-state index in [2.05, 4.69) is 0 Å². The van der Waals surface area contributed by atoms with Gasteiger partial charge in [0.25, 0.3) is 0 Å². The largest absolute Gasteiger partial charge is 0.508 e. The van der Waals surface area contributed by atoms with Crippen molar-refractivity contribution >= 4 is 11.8 Å². The summed E-state index contributed by atoms with van der Waals surface area (Å²) < 4.78 is 43.5. The normalized spacial score (nSPS) is 11.7. The van der Waals surface area contributed by atoms with Gasteiger partial charge in [-0.3, -0.25) is 0 Å². The smallest absolute Gasteiger partial charge is 0.416 e. The van der Waals surface area contributed by atoms with E-state index >= 15 is 0 Å². The van der Waals surface area contributed by atoms with Crippen molar-refractivity contribution in [2.24, 2.45) is 0 Å². The van der Waals surface area contributed by atoms with Crippen LogP contribution in [-0.2, 0) is 11.9 Å². The van der Waals surface area contributed by atoms with Gasteiger partial charge in [-0.05, 0) is 55.0 Å². The van der Waals surface area contributed by atoms with Gasteiger partial charge in [0.05, 0.1) is 11.3 Å². The van der Waals surface area contributed by atoms with Crippen LogP contribution in [0.4, 0.5) is 13.2 Å². The van der Waals surface area contributed by atoms with E-state index in [1.807, 2.05) is 25.1 Å². The number of furan rings is 1. The number of aryl methyl sites for hydroxylation is 1. The number of hydrogen-bond acceptors (Lipinski definition) is 3. The molecular formula is C19H15F3O2S. The third-order valence-corrected chi connectivity index (χ3v) is 4.72. The van der Waals surface area contributed by atoms with Crippen molar-refractivity contribution in [3.05, 3.63) is 71.5 Å². The molecule has 0 aliphatic rings. The first-order valence-electron chi connectivity index (χ1n) is 7.52. The molecule has 3 aromatic rings. The second-order valence-electron chi connectivity index (χ2n) is 5.58. The molecule has 25 heavy (non-hydrogen) atoms. The van der Waals surface area contributed by atoms with Gasteiger partial charge in [0.1, 0.15) is 17.3 Å². The SMILES string of the molecule is Cc1cc(SCc2ccc(-c3ccc(C(F)(F)F)cc3)o2)ccc1O. The van der Waals surface area contributed by atoms with Gasteiger partial charge in [-0.2, -0.15) is 13.2 Å². The molecule has 0 amide bonds. The highest BCUT2D eigenvalue weighted by Crippen LogP contribution is 2.32. The van der Waals surface area contributed by atoms with E-state index in [-0.39, 0.29) is 5.75 Å². The average molecular weight is 364 g/mol. The minimum Gasteiger partial charge on any atom is -0.508 e. The van der Waals surface area contributed by atoms with E-state index in [0.29, 0.717) is 17.1 Å². The topological polar surface area (TPSA) is 33.4 Å². The first-order chi connectivity index (χ1) is 11.8. The number of phenolic OH excluding ortho intramolecular Hbond substituents is 1. The second-order valence-corrected chi connectivity index (χ2v) is 6.63. The van der Waals surface area contributed by atoms with Gasteiger partial charge in [-0.25, -0.2) is 0 Å². The highest BCUT2D eigenvalue weighted by atomic mass is 32.2. The first kappa shape index (κ1) is 17.5. The third kappa shape index (κ3) is 4.20. The Labute approximate surface area is 147 Å². The lowest BCUT2D eigenvalue weighted by atomic mass is 10.1. The molecule has 0 aliphatic carbocycles. The van der Waals surface area contributed by atoms with Gasteiger partial charge in [0.15, 0.2) is 0 Å². The standard InChI is InChI=1S/C19H15F3O2S/c1-12-10-16(7-8-17(12)23)25-11-15-6-9-18(24-15)13-2-4-14(5-3-13)19(20,21)22/h2-10,23H,11H2,1H3. The Kier molecular flexibility index (Phi) is 4.81. The molecule has 6 heteroatoms. The number of hydrogen-bond donors (Lipinski definition) is 1. The molecule has 1 aromatic heterocycles. The quantitative estimate of drug-likeness (QED) is 0.554. The van der Waals surface area contributed by atoms with Gasteiger partial charge in [-0.1, -0.05) is 12.1 Å². The number of thioether (sulfide) groups is 1. The summed E-state index contributed by atoms with van der Waals surface area (Å²) in [5, 5.41) is 9.53. The number of aromatic hydroxyl groups is 1. The van der Waals surface area contributed by atoms with E-state index in [4.69, 9.17) is 4.42 Å². The number of halogens is 3. The molecule has 2 nitrogen and oxygen atoms in total. The maximum absolute atomic E-state index is 12.6. The van der Waals surface area contributed by atoms with Gasteiger partial charge in [0.2, 0.25) is 0 Å². The highest BCUT2D eigenvalue weighted by molar-refractivity contribution is 7.98. The minimum absolute atomic E-state index is 0.256. The van der Waals surface area contributed by atoms with Crippen LogP contribution in [0.2, 0.25) is 0 Å². The lowest BCUT2D eigenvalue weighted by Gasteiger charge is -2.06. The zero-order valence-electron chi connectivity index (χ0n) is 13.3. The van der Waals surface area contributed by atoms with Crippen LogP contribution >= 0.6 is 11.8 Å². The summed E-state index contributed by atoms with van der Waals surface area (Å²) in [6, 6.07) is 13.8. The van der Waals surface area contributed by atoms with Crippen LogP contribution in [0.1, 0.15) is 16.9 Å². The molecule has 3 rings (SSSR count). The lowest BCUT2D eigenvalue weighted by molar-refractivity contribution is -0.137. The van der Waals surface area contributed by atoms with Crippen LogP contribution < -0.4 is 0 Å². The van der Waals surface area contributed by atoms with Gasteiger partial charge >= 0.3 is 6.18 Å². The van der Waals surface area contributed by atoms with Crippen molar-refractivity contribution in [1.29, 1.82) is 0 Å². The Morgan fingerprint density at radius 2 is 1.72 bits per heavy atom. The summed E-state index contributed by atoms with van der Waals surface area (Å²) in [4.78, 5) is 1.00. The van der Waals surface area contributed by atoms with E-state index in [0.717, 1.165) is 28.4 Å². The van der Waals surface area contributed by atoms with Crippen LogP contribution in [0.3, 0.4) is 0 Å². The fraction of sp³-hybridized carbons (Fsp3) is 0.158. The molecule has 0 unspecified atom stereocenters. The van der Waals surface area contributed by atoms with Crippen molar-refractivity contribution in [2.45, 2.75) is 23.7 Å². The van der Waals surface area contributed by atoms with Crippen LogP contribution in [0.15, 0.2) is 63.9 Å². The van der Waals surface area contributed by atoms with Crippen LogP contribution in [0.5, 0.6) is 5.75 Å². The monoisotopic (exact) mass is 364 g/mol. The predicted molar refractivity (Wildman–Crippen MR) is 91.6 cm³/mol. The Bertz CT molecular complexity index is 867. The van der Waals surface area contributed by atoms with E-state index < -0.39 is 11.7 Å². The molecule has 1 N–H and O–H groups in total. The summed E-state index contributed by atoms with van der Waals surface area (Å²) in [5.41, 5.74) is 0.723. The maximum atomic E-state index is 12.6. The van der Waals surface area contributed by atoms with Gasteiger partial charge in [0, 0.05) is 10.5 Å². The molecule has 0 atom stereocenters. The summed E-state index contributed by atoms with van der Waals surface area (Å²) >= 11 is 1.56. The van der Waals surface area contributed by atoms with Crippen molar-refractivity contribution in [3.63, 3.8) is 0 Å². The Morgan fingerprint density at radius 3 is 2.36 bits per heavy atom. The molecule has 0 saturated heterocycles. The molecule has 0 radical (unpaired) electrons. The van der Waals surface area contributed by atoms with Crippen molar-refractivity contribution in [2.75, 3.05) is 0 Å². The fourth-order valence-corrected chi connectivity index (χ4v) is 3.19. The zero-order valence-corrected chi connectivity index (χ0v) is 14.1. The molecule has 0 fully saturated rings. The van der Waals surface area contributed by atoms with Crippen LogP contribution in [-0.4, -0.2) is 5.11 Å². The van der Waals surface area contributed by atoms with Gasteiger partial charge in [-0.15, -0.1) is 11.8 Å². The highest BCUT2D eigenvalue weighted by Gasteiger charge is 2.30. The number of rotatable bonds is 4. The lowest BCUT2D eigenvalue weighted by Crippen LogP contribution is -2.03. The number of benzene rings is 2. The second kappa shape index (κ2) is 6.88. The number of phenols is 1. The number of alkyl halides is 3. The summed E-state index contributed by atoms with van der Waals surface area (Å²) in [6.07, 6.45) is -4.34. The minimum atomic E-state index is -4.34. The average Bonchev–Trinajstić information content (AvgIpc) is 3.04. The Balaban J connectivity index is 1.68. The van der Waals surface area contributed by atoms with Crippen LogP contribution in [0, 0.1) is 6.92 Å². The fourth-order valence-electron chi connectivity index (χ4n) is 2.31. The molecule has 1 heterocycles. The van der Waals surface area contributed by atoms with E-state index in [1.54, 1.807) is 23.9 Å². The summed E-state index contributed by atoms with van der Waals surface area (Å²) in [6.45, 7) is 1.83. The van der Waals surface area contributed by atoms with Crippen molar-refractivity contribution in [3.8, 4) is 17.1 Å². The van der Waals surface area contributed by atoms with Crippen molar-refractivity contribution in [1.82, 2.24) is 0 Å². The third-order valence-electron chi connectivity index (χ3n) is 3.71. The predicted octanol–water partition coefficient (Wildman–Crippen LogP) is 6.27. The molecule has 0 aliphatic heterocycles. The maximum Gasteiger partial charge on any atom is 0.416 e. The molecular weight excluding hydrogens is 349 g/mol. The first-order valence-corrected chi connectivity index (χ1v) is 8.50. The molecule has 0 spiro atoms. The van der Waals surface area contributed by atoms with Gasteiger partial charge < -0.3 is 9.52 Å². The van der Waals surface area contributed by atoms with E-state index in [1.165, 1.54) is 12.1 Å².